The highest BCUT2D eigenvalue weighted by Gasteiger charge is 2.38. The molecule has 2 aromatic rings. The van der Waals surface area contributed by atoms with Crippen LogP contribution in [0.5, 0.6) is 5.75 Å². The van der Waals surface area contributed by atoms with Crippen LogP contribution in [-0.4, -0.2) is 25.0 Å². The summed E-state index contributed by atoms with van der Waals surface area (Å²) in [5.74, 6) is 1.02. The summed E-state index contributed by atoms with van der Waals surface area (Å²) >= 11 is 0. The van der Waals surface area contributed by atoms with Gasteiger partial charge in [-0.2, -0.15) is 0 Å². The van der Waals surface area contributed by atoms with Crippen molar-refractivity contribution in [3.05, 3.63) is 58.7 Å². The molecule has 0 fully saturated rings. The molecule has 0 saturated heterocycles. The zero-order valence-electron chi connectivity index (χ0n) is 17.9. The molecule has 3 rings (SSSR count). The highest BCUT2D eigenvalue weighted by Crippen LogP contribution is 2.38. The van der Waals surface area contributed by atoms with E-state index in [-0.39, 0.29) is 11.8 Å². The van der Waals surface area contributed by atoms with E-state index in [2.05, 4.69) is 44.3 Å². The first-order valence-electron chi connectivity index (χ1n) is 10.2. The van der Waals surface area contributed by atoms with Crippen LogP contribution in [0.15, 0.2) is 36.4 Å². The number of anilines is 1. The van der Waals surface area contributed by atoms with E-state index in [0.717, 1.165) is 22.6 Å². The Bertz CT molecular complexity index is 920. The van der Waals surface area contributed by atoms with Crippen LogP contribution in [-0.2, 0) is 9.59 Å². The van der Waals surface area contributed by atoms with E-state index >= 15 is 0 Å². The summed E-state index contributed by atoms with van der Waals surface area (Å²) in [4.78, 5) is 26.3. The fourth-order valence-electron chi connectivity index (χ4n) is 3.90. The molecular weight excluding hydrogens is 364 g/mol. The topological polar surface area (TPSA) is 58.6 Å². The highest BCUT2D eigenvalue weighted by atomic mass is 16.5. The Balaban J connectivity index is 1.70. The molecule has 5 nitrogen and oxygen atoms in total. The lowest BCUT2D eigenvalue weighted by molar-refractivity contribution is -0.126. The predicted molar refractivity (Wildman–Crippen MR) is 115 cm³/mol. The molecule has 0 spiro atoms. The second-order valence-corrected chi connectivity index (χ2v) is 8.03. The zero-order chi connectivity index (χ0) is 21.1. The van der Waals surface area contributed by atoms with Crippen molar-refractivity contribution >= 4 is 17.5 Å². The second-order valence-electron chi connectivity index (χ2n) is 8.03. The SMILES string of the molecule is CC(=O)NC1C(=O)N(CCCOc2cc(C)ccc2C(C)C)c2c(C)cccc21. The molecule has 2 amide bonds. The van der Waals surface area contributed by atoms with Crippen molar-refractivity contribution in [3.63, 3.8) is 0 Å². The van der Waals surface area contributed by atoms with Crippen molar-refractivity contribution in [2.45, 2.75) is 53.0 Å². The number of hydrogen-bond acceptors (Lipinski definition) is 3. The summed E-state index contributed by atoms with van der Waals surface area (Å²) in [5, 5.41) is 2.79. The third-order valence-electron chi connectivity index (χ3n) is 5.29. The fourth-order valence-corrected chi connectivity index (χ4v) is 3.90. The highest BCUT2D eigenvalue weighted by molar-refractivity contribution is 6.06. The molecule has 2 aromatic carbocycles. The van der Waals surface area contributed by atoms with Gasteiger partial charge in [-0.25, -0.2) is 0 Å². The number of hydrogen-bond donors (Lipinski definition) is 1. The second kappa shape index (κ2) is 8.68. The summed E-state index contributed by atoms with van der Waals surface area (Å²) in [6.45, 7) is 10.9. The zero-order valence-corrected chi connectivity index (χ0v) is 17.9. The van der Waals surface area contributed by atoms with Crippen LogP contribution >= 0.6 is 0 Å². The lowest BCUT2D eigenvalue weighted by atomic mass is 10.0. The van der Waals surface area contributed by atoms with E-state index in [1.54, 1.807) is 4.90 Å². The van der Waals surface area contributed by atoms with Gasteiger partial charge in [0.25, 0.3) is 5.91 Å². The van der Waals surface area contributed by atoms with Crippen molar-refractivity contribution in [3.8, 4) is 5.75 Å². The van der Waals surface area contributed by atoms with E-state index in [9.17, 15) is 9.59 Å². The van der Waals surface area contributed by atoms with Gasteiger partial charge in [-0.05, 0) is 48.9 Å². The molecule has 1 aliphatic heterocycles. The summed E-state index contributed by atoms with van der Waals surface area (Å²) < 4.78 is 6.08. The van der Waals surface area contributed by atoms with Crippen LogP contribution in [0.2, 0.25) is 0 Å². The first-order chi connectivity index (χ1) is 13.8. The Morgan fingerprint density at radius 1 is 1.21 bits per heavy atom. The number of carbonyl (C=O) groups excluding carboxylic acids is 2. The fraction of sp³-hybridized carbons (Fsp3) is 0.417. The van der Waals surface area contributed by atoms with Crippen molar-refractivity contribution < 1.29 is 14.3 Å². The minimum Gasteiger partial charge on any atom is -0.493 e. The van der Waals surface area contributed by atoms with Crippen molar-refractivity contribution in [1.29, 1.82) is 0 Å². The molecule has 1 aliphatic rings. The van der Waals surface area contributed by atoms with Gasteiger partial charge in [-0.3, -0.25) is 9.59 Å². The minimum atomic E-state index is -0.604. The molecule has 1 atom stereocenters. The monoisotopic (exact) mass is 394 g/mol. The average molecular weight is 395 g/mol. The third kappa shape index (κ3) is 4.44. The maximum Gasteiger partial charge on any atom is 0.254 e. The summed E-state index contributed by atoms with van der Waals surface area (Å²) in [6, 6.07) is 11.5. The number of nitrogens with one attached hydrogen (secondary N) is 1. The number of nitrogens with zero attached hydrogens (tertiary/aromatic N) is 1. The number of ether oxygens (including phenoxy) is 1. The molecule has 1 unspecified atom stereocenters. The number of amides is 2. The molecule has 29 heavy (non-hydrogen) atoms. The van der Waals surface area contributed by atoms with Gasteiger partial charge in [0.1, 0.15) is 11.8 Å². The molecule has 5 heteroatoms. The number of rotatable bonds is 7. The molecule has 1 heterocycles. The minimum absolute atomic E-state index is 0.0806. The predicted octanol–water partition coefficient (Wildman–Crippen LogP) is 4.42. The van der Waals surface area contributed by atoms with Crippen LogP contribution in [0.4, 0.5) is 5.69 Å². The molecule has 0 bridgehead atoms. The standard InChI is InChI=1S/C24H30N2O3/c1-15(2)19-11-10-16(3)14-21(19)29-13-7-12-26-23-17(4)8-6-9-20(23)22(24(26)28)25-18(5)27/h6,8-11,14-15,22H,7,12-13H2,1-5H3,(H,25,27). The quantitative estimate of drug-likeness (QED) is 0.707. The van der Waals surface area contributed by atoms with Crippen molar-refractivity contribution in [1.82, 2.24) is 5.32 Å². The molecule has 0 aliphatic carbocycles. The summed E-state index contributed by atoms with van der Waals surface area (Å²) in [6.07, 6.45) is 0.706. The van der Waals surface area contributed by atoms with Crippen LogP contribution in [0.1, 0.15) is 61.4 Å². The first-order valence-corrected chi connectivity index (χ1v) is 10.2. The van der Waals surface area contributed by atoms with Crippen molar-refractivity contribution in [2.75, 3.05) is 18.1 Å². The van der Waals surface area contributed by atoms with Gasteiger partial charge in [0.15, 0.2) is 0 Å². The smallest absolute Gasteiger partial charge is 0.254 e. The van der Waals surface area contributed by atoms with Gasteiger partial charge in [0.05, 0.1) is 12.3 Å². The van der Waals surface area contributed by atoms with E-state index in [1.165, 1.54) is 18.1 Å². The van der Waals surface area contributed by atoms with E-state index in [1.807, 2.05) is 25.1 Å². The number of carbonyl (C=O) groups is 2. The molecule has 154 valence electrons. The maximum atomic E-state index is 13.0. The number of benzene rings is 2. The lowest BCUT2D eigenvalue weighted by Gasteiger charge is -2.20. The normalized spacial score (nSPS) is 15.6. The Morgan fingerprint density at radius 3 is 2.66 bits per heavy atom. The summed E-state index contributed by atoms with van der Waals surface area (Å²) in [7, 11) is 0. The van der Waals surface area contributed by atoms with Crippen LogP contribution in [0, 0.1) is 13.8 Å². The Hall–Kier alpha value is -2.82. The van der Waals surface area contributed by atoms with Crippen molar-refractivity contribution in [2.24, 2.45) is 0 Å². The summed E-state index contributed by atoms with van der Waals surface area (Å²) in [5.41, 5.74) is 5.17. The molecule has 1 N–H and O–H groups in total. The van der Waals surface area contributed by atoms with E-state index in [0.29, 0.717) is 25.5 Å². The van der Waals surface area contributed by atoms with Gasteiger partial charge in [0.2, 0.25) is 5.91 Å². The molecule has 0 saturated carbocycles. The molecular formula is C24H30N2O3. The largest absolute Gasteiger partial charge is 0.493 e. The van der Waals surface area contributed by atoms with E-state index < -0.39 is 6.04 Å². The number of fused-ring (bicyclic) bond motifs is 1. The van der Waals surface area contributed by atoms with Gasteiger partial charge < -0.3 is 15.0 Å². The van der Waals surface area contributed by atoms with Crippen LogP contribution in [0.25, 0.3) is 0 Å². The van der Waals surface area contributed by atoms with Gasteiger partial charge >= 0.3 is 0 Å². The molecule has 0 radical (unpaired) electrons. The van der Waals surface area contributed by atoms with Gasteiger partial charge in [-0.1, -0.05) is 44.2 Å². The van der Waals surface area contributed by atoms with Crippen LogP contribution in [0.3, 0.4) is 0 Å². The Morgan fingerprint density at radius 2 is 1.97 bits per heavy atom. The molecule has 0 aromatic heterocycles. The maximum absolute atomic E-state index is 13.0. The first kappa shape index (κ1) is 20.9. The third-order valence-corrected chi connectivity index (χ3v) is 5.29. The van der Waals surface area contributed by atoms with Crippen LogP contribution < -0.4 is 15.0 Å². The van der Waals surface area contributed by atoms with E-state index in [4.69, 9.17) is 4.74 Å². The average Bonchev–Trinajstić information content (AvgIpc) is 2.91. The van der Waals surface area contributed by atoms with Gasteiger partial charge in [-0.15, -0.1) is 0 Å². The number of para-hydroxylation sites is 1. The number of aryl methyl sites for hydroxylation is 2. The lowest BCUT2D eigenvalue weighted by Crippen LogP contribution is -2.37. The Labute approximate surface area is 173 Å². The Kier molecular flexibility index (Phi) is 6.26. The van der Waals surface area contributed by atoms with Gasteiger partial charge in [0, 0.05) is 19.0 Å².